The standard InChI is InChI=1S/C10H9ClF3NO/c11-8-6-7(10(12,13)14)2-3-9(8)16-15-4-1-5-15/h2-3,6H,1,4-5H2. The second kappa shape index (κ2) is 4.14. The van der Waals surface area contributed by atoms with Gasteiger partial charge < -0.3 is 4.84 Å². The molecule has 0 unspecified atom stereocenters. The molecule has 0 spiro atoms. The normalized spacial score (nSPS) is 17.0. The van der Waals surface area contributed by atoms with E-state index in [2.05, 4.69) is 0 Å². The number of rotatable bonds is 2. The first-order valence-electron chi connectivity index (χ1n) is 4.76. The third-order valence-corrected chi connectivity index (χ3v) is 2.60. The zero-order valence-electron chi connectivity index (χ0n) is 8.22. The first-order valence-corrected chi connectivity index (χ1v) is 5.14. The third kappa shape index (κ3) is 2.41. The van der Waals surface area contributed by atoms with Gasteiger partial charge in [0.2, 0.25) is 0 Å². The Kier molecular flexibility index (Phi) is 2.99. The quantitative estimate of drug-likeness (QED) is 0.799. The van der Waals surface area contributed by atoms with Crippen molar-refractivity contribution in [3.63, 3.8) is 0 Å². The van der Waals surface area contributed by atoms with Crippen molar-refractivity contribution in [2.24, 2.45) is 0 Å². The molecule has 1 fully saturated rings. The Morgan fingerprint density at radius 1 is 1.25 bits per heavy atom. The molecule has 1 aliphatic heterocycles. The highest BCUT2D eigenvalue weighted by atomic mass is 35.5. The van der Waals surface area contributed by atoms with Crippen LogP contribution in [0.15, 0.2) is 18.2 Å². The third-order valence-electron chi connectivity index (χ3n) is 2.30. The molecule has 0 amide bonds. The average Bonchev–Trinajstić information content (AvgIpc) is 2.11. The van der Waals surface area contributed by atoms with Crippen LogP contribution >= 0.6 is 11.6 Å². The van der Waals surface area contributed by atoms with E-state index in [0.29, 0.717) is 0 Å². The van der Waals surface area contributed by atoms with E-state index in [1.54, 1.807) is 5.06 Å². The smallest absolute Gasteiger partial charge is 0.404 e. The fraction of sp³-hybridized carbons (Fsp3) is 0.400. The van der Waals surface area contributed by atoms with Crippen molar-refractivity contribution in [2.45, 2.75) is 12.6 Å². The number of nitrogens with zero attached hydrogens (tertiary/aromatic N) is 1. The van der Waals surface area contributed by atoms with Crippen molar-refractivity contribution >= 4 is 11.6 Å². The van der Waals surface area contributed by atoms with Crippen LogP contribution in [0.2, 0.25) is 5.02 Å². The van der Waals surface area contributed by atoms with Gasteiger partial charge in [-0.2, -0.15) is 13.2 Å². The molecule has 0 aromatic heterocycles. The zero-order valence-corrected chi connectivity index (χ0v) is 8.98. The van der Waals surface area contributed by atoms with Crippen molar-refractivity contribution in [2.75, 3.05) is 13.1 Å². The van der Waals surface area contributed by atoms with Gasteiger partial charge in [-0.1, -0.05) is 11.6 Å². The van der Waals surface area contributed by atoms with Crippen LogP contribution in [0.25, 0.3) is 0 Å². The first kappa shape index (κ1) is 11.5. The van der Waals surface area contributed by atoms with Gasteiger partial charge in [0.25, 0.3) is 0 Å². The fourth-order valence-electron chi connectivity index (χ4n) is 1.27. The Morgan fingerprint density at radius 2 is 1.94 bits per heavy atom. The van der Waals surface area contributed by atoms with E-state index in [4.69, 9.17) is 16.4 Å². The van der Waals surface area contributed by atoms with Crippen LogP contribution < -0.4 is 4.84 Å². The minimum Gasteiger partial charge on any atom is -0.404 e. The lowest BCUT2D eigenvalue weighted by atomic mass is 10.2. The van der Waals surface area contributed by atoms with E-state index in [-0.39, 0.29) is 10.8 Å². The van der Waals surface area contributed by atoms with Crippen LogP contribution in [0.3, 0.4) is 0 Å². The highest BCUT2D eigenvalue weighted by Gasteiger charge is 2.31. The van der Waals surface area contributed by atoms with Crippen molar-refractivity contribution in [3.05, 3.63) is 28.8 Å². The molecule has 1 heterocycles. The van der Waals surface area contributed by atoms with E-state index < -0.39 is 11.7 Å². The number of benzene rings is 1. The molecule has 0 radical (unpaired) electrons. The minimum absolute atomic E-state index is 0.0262. The molecule has 0 bridgehead atoms. The predicted molar refractivity (Wildman–Crippen MR) is 53.3 cm³/mol. The molecule has 2 nitrogen and oxygen atoms in total. The Labute approximate surface area is 95.5 Å². The molecule has 88 valence electrons. The predicted octanol–water partition coefficient (Wildman–Crippen LogP) is 3.36. The number of halogens is 4. The molecule has 0 atom stereocenters. The van der Waals surface area contributed by atoms with Crippen molar-refractivity contribution in [1.82, 2.24) is 5.06 Å². The summed E-state index contributed by atoms with van der Waals surface area (Å²) < 4.78 is 37.0. The fourth-order valence-corrected chi connectivity index (χ4v) is 1.48. The Bertz CT molecular complexity index is 390. The molecule has 2 rings (SSSR count). The van der Waals surface area contributed by atoms with Gasteiger partial charge >= 0.3 is 6.18 Å². The second-order valence-corrected chi connectivity index (χ2v) is 3.92. The molecule has 0 aliphatic carbocycles. The number of alkyl halides is 3. The lowest BCUT2D eigenvalue weighted by molar-refractivity contribution is -0.137. The van der Waals surface area contributed by atoms with Gasteiger partial charge in [-0.25, -0.2) is 0 Å². The summed E-state index contributed by atoms with van der Waals surface area (Å²) in [5.74, 6) is 0.259. The van der Waals surface area contributed by atoms with Gasteiger partial charge in [0, 0.05) is 13.1 Å². The summed E-state index contributed by atoms with van der Waals surface area (Å²) in [4.78, 5) is 5.28. The Hall–Kier alpha value is -0.940. The lowest BCUT2D eigenvalue weighted by Crippen LogP contribution is -2.39. The minimum atomic E-state index is -4.38. The van der Waals surface area contributed by atoms with Crippen molar-refractivity contribution < 1.29 is 18.0 Å². The summed E-state index contributed by atoms with van der Waals surface area (Å²) in [7, 11) is 0. The maximum atomic E-state index is 12.3. The average molecular weight is 252 g/mol. The van der Waals surface area contributed by atoms with Gasteiger partial charge in [0.15, 0.2) is 5.75 Å². The van der Waals surface area contributed by atoms with E-state index in [0.717, 1.165) is 31.6 Å². The molecular weight excluding hydrogens is 243 g/mol. The number of hydroxylamine groups is 2. The summed E-state index contributed by atoms with van der Waals surface area (Å²) in [5.41, 5.74) is -0.770. The molecule has 0 N–H and O–H groups in total. The van der Waals surface area contributed by atoms with Crippen LogP contribution in [-0.2, 0) is 6.18 Å². The molecule has 1 aromatic rings. The number of hydrogen-bond donors (Lipinski definition) is 0. The summed E-state index contributed by atoms with van der Waals surface area (Å²) in [6.45, 7) is 1.55. The van der Waals surface area contributed by atoms with Crippen LogP contribution in [0, 0.1) is 0 Å². The number of hydrogen-bond acceptors (Lipinski definition) is 2. The monoisotopic (exact) mass is 251 g/mol. The van der Waals surface area contributed by atoms with Crippen molar-refractivity contribution in [1.29, 1.82) is 0 Å². The van der Waals surface area contributed by atoms with Crippen molar-refractivity contribution in [3.8, 4) is 5.75 Å². The van der Waals surface area contributed by atoms with E-state index in [1.165, 1.54) is 6.07 Å². The topological polar surface area (TPSA) is 12.5 Å². The summed E-state index contributed by atoms with van der Waals surface area (Å²) in [5, 5.41) is 1.62. The SMILES string of the molecule is FC(F)(F)c1ccc(ON2CCC2)c(Cl)c1. The molecular formula is C10H9ClF3NO. The zero-order chi connectivity index (χ0) is 11.8. The summed E-state index contributed by atoms with van der Waals surface area (Å²) in [6, 6.07) is 3.07. The largest absolute Gasteiger partial charge is 0.416 e. The maximum Gasteiger partial charge on any atom is 0.416 e. The van der Waals surface area contributed by atoms with E-state index >= 15 is 0 Å². The molecule has 1 aromatic carbocycles. The highest BCUT2D eigenvalue weighted by molar-refractivity contribution is 6.32. The van der Waals surface area contributed by atoms with Crippen LogP contribution in [0.4, 0.5) is 13.2 Å². The Morgan fingerprint density at radius 3 is 2.38 bits per heavy atom. The molecule has 16 heavy (non-hydrogen) atoms. The Balaban J connectivity index is 2.15. The lowest BCUT2D eigenvalue weighted by Gasteiger charge is -2.30. The highest BCUT2D eigenvalue weighted by Crippen LogP contribution is 2.35. The van der Waals surface area contributed by atoms with Gasteiger partial charge in [0.1, 0.15) is 0 Å². The van der Waals surface area contributed by atoms with Gasteiger partial charge in [-0.3, -0.25) is 0 Å². The van der Waals surface area contributed by atoms with Crippen LogP contribution in [-0.4, -0.2) is 18.2 Å². The molecule has 1 saturated heterocycles. The molecule has 6 heteroatoms. The van der Waals surface area contributed by atoms with Gasteiger partial charge in [-0.05, 0) is 24.6 Å². The van der Waals surface area contributed by atoms with Crippen LogP contribution in [0.1, 0.15) is 12.0 Å². The molecule has 1 aliphatic rings. The van der Waals surface area contributed by atoms with Gasteiger partial charge in [0.05, 0.1) is 10.6 Å². The summed E-state index contributed by atoms with van der Waals surface area (Å²) in [6.07, 6.45) is -3.35. The van der Waals surface area contributed by atoms with Crippen LogP contribution in [0.5, 0.6) is 5.75 Å². The first-order chi connectivity index (χ1) is 7.47. The van der Waals surface area contributed by atoms with Gasteiger partial charge in [-0.15, -0.1) is 5.06 Å². The maximum absolute atomic E-state index is 12.3. The van der Waals surface area contributed by atoms with E-state index in [1.807, 2.05) is 0 Å². The second-order valence-electron chi connectivity index (χ2n) is 3.52. The molecule has 0 saturated carbocycles. The van der Waals surface area contributed by atoms with E-state index in [9.17, 15) is 13.2 Å². The summed E-state index contributed by atoms with van der Waals surface area (Å²) >= 11 is 5.71.